The number of hydrogen-bond donors (Lipinski definition) is 2. The highest BCUT2D eigenvalue weighted by Gasteiger charge is 2.25. The Morgan fingerprint density at radius 3 is 2.43 bits per heavy atom. The molecule has 14 heavy (non-hydrogen) atoms. The summed E-state index contributed by atoms with van der Waals surface area (Å²) in [6.07, 6.45) is 3.18. The lowest BCUT2D eigenvalue weighted by atomic mass is 9.86. The highest BCUT2D eigenvalue weighted by molar-refractivity contribution is 7.90. The van der Waals surface area contributed by atoms with Crippen LogP contribution in [0, 0.1) is 11.8 Å². The van der Waals surface area contributed by atoms with Gasteiger partial charge in [-0.05, 0) is 37.8 Å². The van der Waals surface area contributed by atoms with E-state index in [9.17, 15) is 8.42 Å². The molecule has 84 valence electrons. The second-order valence-corrected chi connectivity index (χ2v) is 6.31. The number of rotatable bonds is 4. The number of hydrogen-bond acceptors (Lipinski definition) is 4. The highest BCUT2D eigenvalue weighted by Crippen LogP contribution is 2.22. The zero-order chi connectivity index (χ0) is 10.6. The van der Waals surface area contributed by atoms with E-state index in [0.29, 0.717) is 5.92 Å². The van der Waals surface area contributed by atoms with Crippen molar-refractivity contribution in [2.75, 3.05) is 31.7 Å². The van der Waals surface area contributed by atoms with Crippen LogP contribution in [0.15, 0.2) is 0 Å². The third kappa shape index (κ3) is 3.94. The molecule has 0 radical (unpaired) electrons. The van der Waals surface area contributed by atoms with Crippen LogP contribution in [0.1, 0.15) is 12.8 Å². The van der Waals surface area contributed by atoms with Gasteiger partial charge in [-0.15, -0.1) is 0 Å². The molecule has 4 nitrogen and oxygen atoms in total. The third-order valence-electron chi connectivity index (χ3n) is 2.80. The van der Waals surface area contributed by atoms with Crippen LogP contribution in [0.3, 0.4) is 0 Å². The predicted molar refractivity (Wildman–Crippen MR) is 55.9 cm³/mol. The van der Waals surface area contributed by atoms with Gasteiger partial charge in [0.05, 0.1) is 5.75 Å². The Morgan fingerprint density at radius 2 is 2.00 bits per heavy atom. The van der Waals surface area contributed by atoms with Gasteiger partial charge >= 0.3 is 0 Å². The molecule has 0 saturated carbocycles. The molecule has 2 N–H and O–H groups in total. The molecule has 1 aliphatic rings. The number of aliphatic hydroxyl groups is 1. The molecular formula is C9H19NO3S. The van der Waals surface area contributed by atoms with Crippen LogP contribution in [-0.2, 0) is 9.84 Å². The molecular weight excluding hydrogens is 202 g/mol. The van der Waals surface area contributed by atoms with Crippen molar-refractivity contribution in [3.8, 4) is 0 Å². The van der Waals surface area contributed by atoms with E-state index in [-0.39, 0.29) is 18.3 Å². The Hall–Kier alpha value is -0.130. The molecule has 0 aromatic carbocycles. The summed E-state index contributed by atoms with van der Waals surface area (Å²) in [7, 11) is -2.97. The van der Waals surface area contributed by atoms with Crippen molar-refractivity contribution < 1.29 is 13.5 Å². The maximum Gasteiger partial charge on any atom is 0.147 e. The summed E-state index contributed by atoms with van der Waals surface area (Å²) in [6.45, 7) is 1.85. The van der Waals surface area contributed by atoms with Crippen LogP contribution in [0.5, 0.6) is 0 Å². The number of sulfone groups is 1. The monoisotopic (exact) mass is 221 g/mol. The summed E-state index contributed by atoms with van der Waals surface area (Å²) in [6, 6.07) is 0. The zero-order valence-electron chi connectivity index (χ0n) is 8.57. The second-order valence-electron chi connectivity index (χ2n) is 4.12. The van der Waals surface area contributed by atoms with Gasteiger partial charge in [0.25, 0.3) is 0 Å². The van der Waals surface area contributed by atoms with Crippen LogP contribution in [0.25, 0.3) is 0 Å². The van der Waals surface area contributed by atoms with E-state index in [2.05, 4.69) is 5.32 Å². The first-order valence-corrected chi connectivity index (χ1v) is 7.08. The third-order valence-corrected chi connectivity index (χ3v) is 3.84. The lowest BCUT2D eigenvalue weighted by molar-refractivity contribution is 0.167. The molecule has 0 aliphatic carbocycles. The molecule has 1 saturated heterocycles. The Balaban J connectivity index is 2.52. The van der Waals surface area contributed by atoms with Crippen molar-refractivity contribution in [3.63, 3.8) is 0 Å². The molecule has 1 atom stereocenters. The van der Waals surface area contributed by atoms with E-state index < -0.39 is 9.84 Å². The van der Waals surface area contributed by atoms with Crippen molar-refractivity contribution in [3.05, 3.63) is 0 Å². The van der Waals surface area contributed by atoms with Crippen molar-refractivity contribution in [1.29, 1.82) is 0 Å². The van der Waals surface area contributed by atoms with Crippen LogP contribution in [-0.4, -0.2) is 45.2 Å². The van der Waals surface area contributed by atoms with Gasteiger partial charge in [-0.25, -0.2) is 8.42 Å². The average molecular weight is 221 g/mol. The molecule has 1 fully saturated rings. The van der Waals surface area contributed by atoms with E-state index in [0.717, 1.165) is 25.9 Å². The van der Waals surface area contributed by atoms with Crippen molar-refractivity contribution in [2.45, 2.75) is 12.8 Å². The van der Waals surface area contributed by atoms with Crippen molar-refractivity contribution in [2.24, 2.45) is 11.8 Å². The van der Waals surface area contributed by atoms with Crippen LogP contribution in [0.4, 0.5) is 0 Å². The molecule has 1 rings (SSSR count). The lowest BCUT2D eigenvalue weighted by Gasteiger charge is -2.28. The summed E-state index contributed by atoms with van der Waals surface area (Å²) in [4.78, 5) is 0. The maximum absolute atomic E-state index is 11.1. The minimum absolute atomic E-state index is 0.0161. The van der Waals surface area contributed by atoms with Gasteiger partial charge < -0.3 is 10.4 Å². The SMILES string of the molecule is CS(=O)(=O)CC(CO)C1CCNCC1. The largest absolute Gasteiger partial charge is 0.396 e. The van der Waals surface area contributed by atoms with Gasteiger partial charge in [0.1, 0.15) is 9.84 Å². The molecule has 1 unspecified atom stereocenters. The molecule has 5 heteroatoms. The van der Waals surface area contributed by atoms with E-state index in [4.69, 9.17) is 5.11 Å². The average Bonchev–Trinajstić information content (AvgIpc) is 2.14. The maximum atomic E-state index is 11.1. The van der Waals surface area contributed by atoms with Crippen LogP contribution < -0.4 is 5.32 Å². The van der Waals surface area contributed by atoms with Crippen molar-refractivity contribution >= 4 is 9.84 Å². The topological polar surface area (TPSA) is 66.4 Å². The Bertz CT molecular complexity index is 257. The highest BCUT2D eigenvalue weighted by atomic mass is 32.2. The Kier molecular flexibility index (Phi) is 4.34. The Labute approximate surface area is 85.6 Å². The summed E-state index contributed by atoms with van der Waals surface area (Å²) in [5.74, 6) is 0.400. The quantitative estimate of drug-likeness (QED) is 0.680. The van der Waals surface area contributed by atoms with Gasteiger partial charge in [0, 0.05) is 12.9 Å². The van der Waals surface area contributed by atoms with Crippen LogP contribution in [0.2, 0.25) is 0 Å². The standard InChI is InChI=1S/C9H19NO3S/c1-14(12,13)7-9(6-11)8-2-4-10-5-3-8/h8-11H,2-7H2,1H3. The van der Waals surface area contributed by atoms with Gasteiger partial charge in [0.15, 0.2) is 0 Å². The van der Waals surface area contributed by atoms with E-state index >= 15 is 0 Å². The smallest absolute Gasteiger partial charge is 0.147 e. The fourth-order valence-corrected chi connectivity index (χ4v) is 3.20. The number of aliphatic hydroxyl groups excluding tert-OH is 1. The summed E-state index contributed by atoms with van der Waals surface area (Å²) in [5, 5.41) is 12.4. The first kappa shape index (κ1) is 11.9. The fourth-order valence-electron chi connectivity index (χ4n) is 2.04. The summed E-state index contributed by atoms with van der Waals surface area (Å²) in [5.41, 5.74) is 0. The lowest BCUT2D eigenvalue weighted by Crippen LogP contribution is -2.35. The normalized spacial score (nSPS) is 22.1. The molecule has 0 aromatic heterocycles. The summed E-state index contributed by atoms with van der Waals surface area (Å²) < 4.78 is 22.2. The minimum Gasteiger partial charge on any atom is -0.396 e. The van der Waals surface area contributed by atoms with Gasteiger partial charge in [-0.3, -0.25) is 0 Å². The minimum atomic E-state index is -2.97. The van der Waals surface area contributed by atoms with Crippen molar-refractivity contribution in [1.82, 2.24) is 5.32 Å². The molecule has 0 spiro atoms. The zero-order valence-corrected chi connectivity index (χ0v) is 9.39. The van der Waals surface area contributed by atoms with E-state index in [1.807, 2.05) is 0 Å². The first-order chi connectivity index (χ1) is 6.53. The second kappa shape index (κ2) is 5.09. The molecule has 0 aromatic rings. The summed E-state index contributed by atoms with van der Waals surface area (Å²) >= 11 is 0. The first-order valence-electron chi connectivity index (χ1n) is 5.02. The van der Waals surface area contributed by atoms with Gasteiger partial charge in [-0.2, -0.15) is 0 Å². The van der Waals surface area contributed by atoms with E-state index in [1.165, 1.54) is 6.26 Å². The molecule has 1 heterocycles. The number of piperidine rings is 1. The fraction of sp³-hybridized carbons (Fsp3) is 1.00. The molecule has 0 bridgehead atoms. The van der Waals surface area contributed by atoms with Gasteiger partial charge in [0.2, 0.25) is 0 Å². The molecule has 0 amide bonds. The predicted octanol–water partition coefficient (Wildman–Crippen LogP) is -0.361. The van der Waals surface area contributed by atoms with E-state index in [1.54, 1.807) is 0 Å². The van der Waals surface area contributed by atoms with Crippen LogP contribution >= 0.6 is 0 Å². The Morgan fingerprint density at radius 1 is 1.43 bits per heavy atom. The number of nitrogens with one attached hydrogen (secondary N) is 1. The molecule has 1 aliphatic heterocycles. The van der Waals surface area contributed by atoms with Gasteiger partial charge in [-0.1, -0.05) is 0 Å².